The van der Waals surface area contributed by atoms with Gasteiger partial charge in [-0.05, 0) is 18.2 Å². The molecule has 6 rings (SSSR count). The summed E-state index contributed by atoms with van der Waals surface area (Å²) >= 11 is 0. The van der Waals surface area contributed by atoms with Gasteiger partial charge < -0.3 is 33.5 Å². The Morgan fingerprint density at radius 1 is 0.833 bits per heavy atom. The first-order chi connectivity index (χ1) is 11.7. The molecule has 2 atom stereocenters. The van der Waals surface area contributed by atoms with Crippen LogP contribution in [0.5, 0.6) is 34.5 Å². The lowest BCUT2D eigenvalue weighted by molar-refractivity contribution is -0.0870. The average molecular weight is 328 g/mol. The van der Waals surface area contributed by atoms with Crippen LogP contribution in [0.2, 0.25) is 0 Å². The monoisotopic (exact) mass is 328 g/mol. The van der Waals surface area contributed by atoms with Gasteiger partial charge >= 0.3 is 0 Å². The summed E-state index contributed by atoms with van der Waals surface area (Å²) in [6.45, 7) is 0.382. The van der Waals surface area contributed by atoms with Crippen molar-refractivity contribution in [3.8, 4) is 34.5 Å². The molecule has 4 aliphatic heterocycles. The first-order valence-electron chi connectivity index (χ1n) is 7.62. The molecule has 7 heteroatoms. The van der Waals surface area contributed by atoms with E-state index in [1.807, 2.05) is 6.07 Å². The highest BCUT2D eigenvalue weighted by Crippen LogP contribution is 2.59. The summed E-state index contributed by atoms with van der Waals surface area (Å²) < 4.78 is 33.6. The first-order valence-corrected chi connectivity index (χ1v) is 7.62. The third-order valence-electron chi connectivity index (χ3n) is 4.86. The van der Waals surface area contributed by atoms with Gasteiger partial charge in [0.15, 0.2) is 34.7 Å². The molecule has 2 unspecified atom stereocenters. The van der Waals surface area contributed by atoms with Crippen LogP contribution in [0.15, 0.2) is 24.3 Å². The molecule has 4 heterocycles. The second-order valence-electron chi connectivity index (χ2n) is 6.13. The number of aliphatic hydroxyl groups is 1. The third-order valence-corrected chi connectivity index (χ3v) is 4.86. The predicted octanol–water partition coefficient (Wildman–Crippen LogP) is 1.86. The van der Waals surface area contributed by atoms with E-state index in [9.17, 15) is 5.11 Å². The molecule has 1 N–H and O–H groups in total. The Hall–Kier alpha value is -2.80. The van der Waals surface area contributed by atoms with E-state index in [1.54, 1.807) is 18.2 Å². The Morgan fingerprint density at radius 3 is 2.54 bits per heavy atom. The summed E-state index contributed by atoms with van der Waals surface area (Å²) in [5.41, 5.74) is 0.0723. The minimum absolute atomic E-state index is 0.0527. The molecule has 0 spiro atoms. The Kier molecular flexibility index (Phi) is 2.10. The van der Waals surface area contributed by atoms with Crippen LogP contribution < -0.4 is 28.4 Å². The Morgan fingerprint density at radius 2 is 1.62 bits per heavy atom. The first kappa shape index (κ1) is 12.6. The van der Waals surface area contributed by atoms with Crippen molar-refractivity contribution < 1.29 is 33.5 Å². The van der Waals surface area contributed by atoms with Crippen LogP contribution >= 0.6 is 0 Å². The molecule has 122 valence electrons. The molecule has 0 fully saturated rings. The quantitative estimate of drug-likeness (QED) is 0.791. The van der Waals surface area contributed by atoms with E-state index in [2.05, 4.69) is 0 Å². The molecule has 0 saturated heterocycles. The van der Waals surface area contributed by atoms with E-state index in [0.29, 0.717) is 40.1 Å². The molecule has 0 bridgehead atoms. The van der Waals surface area contributed by atoms with Gasteiger partial charge in [-0.3, -0.25) is 0 Å². The van der Waals surface area contributed by atoms with Crippen LogP contribution in [-0.4, -0.2) is 25.3 Å². The van der Waals surface area contributed by atoms with Gasteiger partial charge in [-0.25, -0.2) is 0 Å². The molecule has 0 radical (unpaired) electrons. The summed E-state index contributed by atoms with van der Waals surface area (Å²) in [5.74, 6) is 3.54. The van der Waals surface area contributed by atoms with Crippen LogP contribution in [0.1, 0.15) is 17.2 Å². The molecule has 4 aliphatic rings. The zero-order valence-electron chi connectivity index (χ0n) is 12.4. The van der Waals surface area contributed by atoms with Gasteiger partial charge in [0, 0.05) is 17.2 Å². The van der Waals surface area contributed by atoms with E-state index in [-0.39, 0.29) is 20.2 Å². The maximum Gasteiger partial charge on any atom is 0.231 e. The van der Waals surface area contributed by atoms with Gasteiger partial charge in [0.2, 0.25) is 19.3 Å². The largest absolute Gasteiger partial charge is 0.486 e. The summed E-state index contributed by atoms with van der Waals surface area (Å²) in [5, 5.41) is 11.3. The number of hydrogen-bond acceptors (Lipinski definition) is 7. The summed E-state index contributed by atoms with van der Waals surface area (Å²) in [6, 6.07) is 7.15. The number of ether oxygens (including phenoxy) is 6. The van der Waals surface area contributed by atoms with E-state index < -0.39 is 11.7 Å². The SMILES string of the molecule is OC12COc3c(ccc4c3OCO4)C1Oc1cc3c(cc12)OCO3. The fraction of sp³-hybridized carbons (Fsp3) is 0.294. The topological polar surface area (TPSA) is 75.6 Å². The van der Waals surface area contributed by atoms with Gasteiger partial charge in [0.1, 0.15) is 12.4 Å². The molecule has 2 aromatic carbocycles. The van der Waals surface area contributed by atoms with Crippen molar-refractivity contribution in [3.05, 3.63) is 35.4 Å². The van der Waals surface area contributed by atoms with Crippen LogP contribution in [0.4, 0.5) is 0 Å². The van der Waals surface area contributed by atoms with Gasteiger partial charge in [-0.1, -0.05) is 0 Å². The second kappa shape index (κ2) is 3.99. The molecule has 7 nitrogen and oxygen atoms in total. The van der Waals surface area contributed by atoms with Crippen molar-refractivity contribution in [3.63, 3.8) is 0 Å². The van der Waals surface area contributed by atoms with Crippen LogP contribution in [0, 0.1) is 0 Å². The molecule has 0 saturated carbocycles. The number of rotatable bonds is 0. The highest BCUT2D eigenvalue weighted by atomic mass is 16.7. The van der Waals surface area contributed by atoms with E-state index >= 15 is 0 Å². The number of benzene rings is 2. The highest BCUT2D eigenvalue weighted by molar-refractivity contribution is 5.63. The fourth-order valence-corrected chi connectivity index (χ4v) is 3.70. The van der Waals surface area contributed by atoms with Crippen molar-refractivity contribution in [2.24, 2.45) is 0 Å². The minimum Gasteiger partial charge on any atom is -0.486 e. The minimum atomic E-state index is -1.29. The van der Waals surface area contributed by atoms with Crippen molar-refractivity contribution in [1.82, 2.24) is 0 Å². The zero-order valence-corrected chi connectivity index (χ0v) is 12.4. The van der Waals surface area contributed by atoms with Crippen molar-refractivity contribution in [2.75, 3.05) is 20.2 Å². The molecule has 2 aromatic rings. The Balaban J connectivity index is 1.52. The Labute approximate surface area is 136 Å². The molecule has 24 heavy (non-hydrogen) atoms. The Bertz CT molecular complexity index is 893. The van der Waals surface area contributed by atoms with Crippen molar-refractivity contribution in [1.29, 1.82) is 0 Å². The number of fused-ring (bicyclic) bond motifs is 8. The molecule has 0 aromatic heterocycles. The maximum absolute atomic E-state index is 11.3. The third kappa shape index (κ3) is 1.37. The van der Waals surface area contributed by atoms with Crippen molar-refractivity contribution in [2.45, 2.75) is 11.7 Å². The highest BCUT2D eigenvalue weighted by Gasteiger charge is 2.54. The maximum atomic E-state index is 11.3. The fourth-order valence-electron chi connectivity index (χ4n) is 3.70. The molecule has 0 aliphatic carbocycles. The van der Waals surface area contributed by atoms with Crippen LogP contribution in [0.25, 0.3) is 0 Å². The van der Waals surface area contributed by atoms with Gasteiger partial charge in [0.25, 0.3) is 0 Å². The summed E-state index contributed by atoms with van der Waals surface area (Å²) in [4.78, 5) is 0. The van der Waals surface area contributed by atoms with Crippen LogP contribution in [-0.2, 0) is 5.60 Å². The van der Waals surface area contributed by atoms with E-state index in [1.165, 1.54) is 0 Å². The standard InChI is InChI=1S/C17H12O7/c18-17-5-19-14-8(1-2-10-15(14)23-7-20-10)16(17)24-11-4-13-12(3-9(11)17)21-6-22-13/h1-4,16,18H,5-7H2. The average Bonchev–Trinajstić information content (AvgIpc) is 3.29. The van der Waals surface area contributed by atoms with Crippen molar-refractivity contribution >= 4 is 0 Å². The van der Waals surface area contributed by atoms with E-state index in [0.717, 1.165) is 5.56 Å². The van der Waals surface area contributed by atoms with Gasteiger partial charge in [-0.2, -0.15) is 0 Å². The lowest BCUT2D eigenvalue weighted by atomic mass is 9.84. The summed E-state index contributed by atoms with van der Waals surface area (Å²) in [6.07, 6.45) is -0.590. The summed E-state index contributed by atoms with van der Waals surface area (Å²) in [7, 11) is 0. The molecular formula is C17H12O7. The van der Waals surface area contributed by atoms with Gasteiger partial charge in [-0.15, -0.1) is 0 Å². The lowest BCUT2D eigenvalue weighted by Gasteiger charge is -2.35. The van der Waals surface area contributed by atoms with Gasteiger partial charge in [0.05, 0.1) is 0 Å². The molecule has 0 amide bonds. The van der Waals surface area contributed by atoms with E-state index in [4.69, 9.17) is 28.4 Å². The predicted molar refractivity (Wildman–Crippen MR) is 77.9 cm³/mol. The zero-order chi connectivity index (χ0) is 15.9. The molecular weight excluding hydrogens is 316 g/mol. The lowest BCUT2D eigenvalue weighted by Crippen LogP contribution is -2.41. The number of hydrogen-bond donors (Lipinski definition) is 1. The van der Waals surface area contributed by atoms with Crippen LogP contribution in [0.3, 0.4) is 0 Å². The smallest absolute Gasteiger partial charge is 0.231 e. The normalized spacial score (nSPS) is 27.0. The second-order valence-corrected chi connectivity index (χ2v) is 6.13.